The first-order valence-electron chi connectivity index (χ1n) is 7.86. The van der Waals surface area contributed by atoms with E-state index in [-0.39, 0.29) is 11.1 Å². The standard InChI is InChI=1S/C16H25ClIN3OSi/c1-11(7-8-22-23(5,6)16(2,3)4)21-13-9-14(17)19-10-12(13)15(18)20-21/h9-11H,7-8H2,1-6H3/t11-/m0/s1. The van der Waals surface area contributed by atoms with Crippen molar-refractivity contribution in [2.75, 3.05) is 6.61 Å². The van der Waals surface area contributed by atoms with Crippen LogP contribution in [0.2, 0.25) is 23.3 Å². The number of rotatable bonds is 5. The summed E-state index contributed by atoms with van der Waals surface area (Å²) < 4.78 is 9.28. The minimum absolute atomic E-state index is 0.239. The van der Waals surface area contributed by atoms with Crippen molar-refractivity contribution in [3.8, 4) is 0 Å². The van der Waals surface area contributed by atoms with Crippen molar-refractivity contribution in [1.29, 1.82) is 0 Å². The molecular weight excluding hydrogens is 441 g/mol. The van der Waals surface area contributed by atoms with Gasteiger partial charge < -0.3 is 4.43 Å². The Bertz CT molecular complexity index is 696. The van der Waals surface area contributed by atoms with Crippen LogP contribution in [0, 0.1) is 3.70 Å². The molecule has 0 bridgehead atoms. The van der Waals surface area contributed by atoms with Gasteiger partial charge in [-0.1, -0.05) is 32.4 Å². The molecule has 0 aliphatic rings. The number of nitrogens with zero attached hydrogens (tertiary/aromatic N) is 3. The maximum atomic E-state index is 6.29. The fraction of sp³-hybridized carbons (Fsp3) is 0.625. The van der Waals surface area contributed by atoms with Crippen LogP contribution in [0.5, 0.6) is 0 Å². The lowest BCUT2D eigenvalue weighted by molar-refractivity contribution is 0.257. The Balaban J connectivity index is 2.10. The molecule has 128 valence electrons. The minimum Gasteiger partial charge on any atom is -0.417 e. The van der Waals surface area contributed by atoms with Crippen molar-refractivity contribution in [3.63, 3.8) is 0 Å². The first-order chi connectivity index (χ1) is 10.5. The molecular formula is C16H25ClIN3OSi. The van der Waals surface area contributed by atoms with E-state index in [0.29, 0.717) is 5.15 Å². The normalized spacial score (nSPS) is 14.4. The Hall–Kier alpha value is -0.183. The van der Waals surface area contributed by atoms with E-state index < -0.39 is 8.32 Å². The van der Waals surface area contributed by atoms with E-state index in [0.717, 1.165) is 27.6 Å². The number of fused-ring (bicyclic) bond motifs is 1. The van der Waals surface area contributed by atoms with E-state index in [1.54, 1.807) is 6.20 Å². The molecule has 0 amide bonds. The van der Waals surface area contributed by atoms with Crippen LogP contribution < -0.4 is 0 Å². The van der Waals surface area contributed by atoms with Crippen molar-refractivity contribution in [1.82, 2.24) is 14.8 Å². The molecule has 0 aliphatic heterocycles. The minimum atomic E-state index is -1.69. The predicted molar refractivity (Wildman–Crippen MR) is 108 cm³/mol. The SMILES string of the molecule is C[C@@H](CCO[Si](C)(C)C(C)(C)C)n1nc(I)c2cnc(Cl)cc21. The second kappa shape index (κ2) is 6.97. The van der Waals surface area contributed by atoms with Crippen LogP contribution in [-0.4, -0.2) is 29.7 Å². The molecule has 0 spiro atoms. The maximum Gasteiger partial charge on any atom is 0.191 e. The first kappa shape index (κ1) is 19.1. The molecule has 7 heteroatoms. The van der Waals surface area contributed by atoms with Crippen LogP contribution in [-0.2, 0) is 4.43 Å². The smallest absolute Gasteiger partial charge is 0.191 e. The highest BCUT2D eigenvalue weighted by Crippen LogP contribution is 2.37. The van der Waals surface area contributed by atoms with Crippen LogP contribution in [0.4, 0.5) is 0 Å². The van der Waals surface area contributed by atoms with Crippen molar-refractivity contribution in [2.45, 2.75) is 58.3 Å². The van der Waals surface area contributed by atoms with Crippen LogP contribution in [0.1, 0.15) is 40.2 Å². The molecule has 0 N–H and O–H groups in total. The lowest BCUT2D eigenvalue weighted by atomic mass is 10.2. The van der Waals surface area contributed by atoms with Gasteiger partial charge in [-0.3, -0.25) is 4.68 Å². The molecule has 23 heavy (non-hydrogen) atoms. The van der Waals surface area contributed by atoms with E-state index in [1.165, 1.54) is 0 Å². The zero-order chi connectivity index (χ0) is 17.4. The van der Waals surface area contributed by atoms with Crippen molar-refractivity contribution < 1.29 is 4.43 Å². The zero-order valence-corrected chi connectivity index (χ0v) is 18.6. The van der Waals surface area contributed by atoms with Gasteiger partial charge in [0.15, 0.2) is 8.32 Å². The van der Waals surface area contributed by atoms with Crippen LogP contribution in [0.3, 0.4) is 0 Å². The summed E-state index contributed by atoms with van der Waals surface area (Å²) in [5.74, 6) is 0. The summed E-state index contributed by atoms with van der Waals surface area (Å²) in [6.45, 7) is 14.3. The molecule has 2 rings (SSSR count). The van der Waals surface area contributed by atoms with Crippen molar-refractivity contribution >= 4 is 53.4 Å². The Morgan fingerprint density at radius 1 is 1.39 bits per heavy atom. The molecule has 0 saturated carbocycles. The summed E-state index contributed by atoms with van der Waals surface area (Å²) in [6, 6.07) is 2.14. The third kappa shape index (κ3) is 4.27. The van der Waals surface area contributed by atoms with Crippen molar-refractivity contribution in [3.05, 3.63) is 21.1 Å². The molecule has 0 saturated heterocycles. The molecule has 1 atom stereocenters. The number of hydrogen-bond acceptors (Lipinski definition) is 3. The topological polar surface area (TPSA) is 39.9 Å². The number of aromatic nitrogens is 3. The van der Waals surface area contributed by atoms with Gasteiger partial charge in [-0.25, -0.2) is 4.98 Å². The molecule has 2 aromatic heterocycles. The average Bonchev–Trinajstić information content (AvgIpc) is 2.74. The Kier molecular flexibility index (Phi) is 5.81. The third-order valence-corrected chi connectivity index (χ3v) is 10.3. The molecule has 0 unspecified atom stereocenters. The first-order valence-corrected chi connectivity index (χ1v) is 12.2. The van der Waals surface area contributed by atoms with Gasteiger partial charge in [0.2, 0.25) is 0 Å². The van der Waals surface area contributed by atoms with Gasteiger partial charge in [-0.05, 0) is 54.1 Å². The molecule has 2 aromatic rings. The number of pyridine rings is 1. The van der Waals surface area contributed by atoms with Crippen LogP contribution >= 0.6 is 34.2 Å². The largest absolute Gasteiger partial charge is 0.417 e. The Labute approximate surface area is 158 Å². The lowest BCUT2D eigenvalue weighted by Crippen LogP contribution is -2.41. The highest BCUT2D eigenvalue weighted by Gasteiger charge is 2.37. The summed E-state index contributed by atoms with van der Waals surface area (Å²) >= 11 is 8.29. The fourth-order valence-corrected chi connectivity index (χ4v) is 3.99. The summed E-state index contributed by atoms with van der Waals surface area (Å²) in [6.07, 6.45) is 2.72. The number of halogens is 2. The third-order valence-electron chi connectivity index (χ3n) is 4.74. The monoisotopic (exact) mass is 465 g/mol. The van der Waals surface area contributed by atoms with Crippen molar-refractivity contribution in [2.24, 2.45) is 0 Å². The average molecular weight is 466 g/mol. The van der Waals surface area contributed by atoms with Gasteiger partial charge in [0, 0.05) is 18.9 Å². The highest BCUT2D eigenvalue weighted by molar-refractivity contribution is 14.1. The van der Waals surface area contributed by atoms with Crippen LogP contribution in [0.25, 0.3) is 10.9 Å². The lowest BCUT2D eigenvalue weighted by Gasteiger charge is -2.36. The van der Waals surface area contributed by atoms with E-state index in [9.17, 15) is 0 Å². The van der Waals surface area contributed by atoms with Gasteiger partial charge >= 0.3 is 0 Å². The maximum absolute atomic E-state index is 6.29. The van der Waals surface area contributed by atoms with Gasteiger partial charge in [0.25, 0.3) is 0 Å². The van der Waals surface area contributed by atoms with E-state index >= 15 is 0 Å². The van der Waals surface area contributed by atoms with Crippen LogP contribution in [0.15, 0.2) is 12.3 Å². The van der Waals surface area contributed by atoms with Gasteiger partial charge in [-0.15, -0.1) is 0 Å². The Morgan fingerprint density at radius 3 is 2.65 bits per heavy atom. The van der Waals surface area contributed by atoms with Gasteiger partial charge in [0.1, 0.15) is 8.85 Å². The number of hydrogen-bond donors (Lipinski definition) is 0. The predicted octanol–water partition coefficient (Wildman–Crippen LogP) is 5.66. The quantitative estimate of drug-likeness (QED) is 0.325. The zero-order valence-electron chi connectivity index (χ0n) is 14.7. The second-order valence-electron chi connectivity index (χ2n) is 7.51. The van der Waals surface area contributed by atoms with E-state index in [2.05, 4.69) is 73.5 Å². The van der Waals surface area contributed by atoms with Gasteiger partial charge in [-0.2, -0.15) is 5.10 Å². The summed E-state index contributed by atoms with van der Waals surface area (Å²) in [4.78, 5) is 4.15. The van der Waals surface area contributed by atoms with Gasteiger partial charge in [0.05, 0.1) is 16.9 Å². The second-order valence-corrected chi connectivity index (χ2v) is 13.7. The molecule has 0 fully saturated rings. The molecule has 0 aliphatic carbocycles. The highest BCUT2D eigenvalue weighted by atomic mass is 127. The summed E-state index contributed by atoms with van der Waals surface area (Å²) in [5, 5.41) is 6.44. The molecule has 0 radical (unpaired) electrons. The summed E-state index contributed by atoms with van der Waals surface area (Å²) in [7, 11) is -1.69. The molecule has 4 nitrogen and oxygen atoms in total. The van der Waals surface area contributed by atoms with E-state index in [1.807, 2.05) is 10.7 Å². The molecule has 0 aromatic carbocycles. The summed E-state index contributed by atoms with van der Waals surface area (Å²) in [5.41, 5.74) is 1.04. The molecule has 2 heterocycles. The Morgan fingerprint density at radius 2 is 2.04 bits per heavy atom. The fourth-order valence-electron chi connectivity index (χ4n) is 2.13. The van der Waals surface area contributed by atoms with E-state index in [4.69, 9.17) is 16.0 Å².